The van der Waals surface area contributed by atoms with Gasteiger partial charge in [0.15, 0.2) is 0 Å². The fourth-order valence-electron chi connectivity index (χ4n) is 2.15. The van der Waals surface area contributed by atoms with Crippen LogP contribution in [0, 0.1) is 12.8 Å². The molecule has 5 nitrogen and oxygen atoms in total. The Kier molecular flexibility index (Phi) is 2.90. The summed E-state index contributed by atoms with van der Waals surface area (Å²) in [5.41, 5.74) is 6.07. The summed E-state index contributed by atoms with van der Waals surface area (Å²) >= 11 is 0. The molecule has 1 aliphatic rings. The summed E-state index contributed by atoms with van der Waals surface area (Å²) in [6, 6.07) is 0.240. The van der Waals surface area contributed by atoms with Crippen molar-refractivity contribution in [3.63, 3.8) is 0 Å². The molecule has 0 amide bonds. The van der Waals surface area contributed by atoms with E-state index in [4.69, 9.17) is 10.3 Å². The first-order chi connectivity index (χ1) is 7.20. The zero-order valence-electron chi connectivity index (χ0n) is 9.31. The van der Waals surface area contributed by atoms with Gasteiger partial charge in [0.05, 0.1) is 0 Å². The standard InChI is InChI=1S/C10H18N4O/c1-3-4-8-5-14(6-9(8)11)10-12-7(2)15-13-10/h8-9H,3-6,11H2,1-2H3. The van der Waals surface area contributed by atoms with Crippen LogP contribution in [0.2, 0.25) is 0 Å². The molecule has 84 valence electrons. The highest BCUT2D eigenvalue weighted by molar-refractivity contribution is 5.31. The molecule has 1 aromatic rings. The zero-order valence-corrected chi connectivity index (χ0v) is 9.31. The van der Waals surface area contributed by atoms with Crippen LogP contribution in [0.25, 0.3) is 0 Å². The van der Waals surface area contributed by atoms with Gasteiger partial charge in [-0.25, -0.2) is 0 Å². The van der Waals surface area contributed by atoms with E-state index in [1.165, 1.54) is 12.8 Å². The molecule has 0 aromatic carbocycles. The third kappa shape index (κ3) is 2.12. The van der Waals surface area contributed by atoms with E-state index >= 15 is 0 Å². The van der Waals surface area contributed by atoms with Crippen molar-refractivity contribution in [2.24, 2.45) is 11.7 Å². The van der Waals surface area contributed by atoms with Gasteiger partial charge in [0, 0.05) is 26.1 Å². The van der Waals surface area contributed by atoms with Gasteiger partial charge < -0.3 is 15.2 Å². The smallest absolute Gasteiger partial charge is 0.266 e. The quantitative estimate of drug-likeness (QED) is 0.804. The van der Waals surface area contributed by atoms with Gasteiger partial charge in [-0.2, -0.15) is 4.98 Å². The van der Waals surface area contributed by atoms with E-state index in [9.17, 15) is 0 Å². The van der Waals surface area contributed by atoms with Gasteiger partial charge in [-0.3, -0.25) is 0 Å². The van der Waals surface area contributed by atoms with Crippen LogP contribution >= 0.6 is 0 Å². The van der Waals surface area contributed by atoms with Crippen LogP contribution in [0.5, 0.6) is 0 Å². The largest absolute Gasteiger partial charge is 0.338 e. The molecule has 0 saturated carbocycles. The summed E-state index contributed by atoms with van der Waals surface area (Å²) in [6.45, 7) is 5.78. The van der Waals surface area contributed by atoms with Gasteiger partial charge in [0.25, 0.3) is 5.95 Å². The minimum Gasteiger partial charge on any atom is -0.338 e. The molecule has 0 spiro atoms. The van der Waals surface area contributed by atoms with Gasteiger partial charge in [-0.05, 0) is 17.5 Å². The lowest BCUT2D eigenvalue weighted by molar-refractivity contribution is 0.392. The van der Waals surface area contributed by atoms with Gasteiger partial charge in [-0.15, -0.1) is 0 Å². The number of rotatable bonds is 3. The molecule has 2 atom stereocenters. The van der Waals surface area contributed by atoms with E-state index in [2.05, 4.69) is 22.0 Å². The molecule has 2 N–H and O–H groups in total. The number of hydrogen-bond donors (Lipinski definition) is 1. The van der Waals surface area contributed by atoms with Crippen molar-refractivity contribution in [3.05, 3.63) is 5.89 Å². The van der Waals surface area contributed by atoms with E-state index in [1.54, 1.807) is 6.92 Å². The van der Waals surface area contributed by atoms with Crippen molar-refractivity contribution in [1.82, 2.24) is 10.1 Å². The summed E-state index contributed by atoms with van der Waals surface area (Å²) in [4.78, 5) is 6.33. The normalized spacial score (nSPS) is 26.2. The van der Waals surface area contributed by atoms with E-state index in [1.807, 2.05) is 0 Å². The lowest BCUT2D eigenvalue weighted by atomic mass is 9.99. The minimum atomic E-state index is 0.240. The Hall–Kier alpha value is -1.10. The number of nitrogens with two attached hydrogens (primary N) is 1. The topological polar surface area (TPSA) is 68.2 Å². The lowest BCUT2D eigenvalue weighted by Gasteiger charge is -2.12. The number of aryl methyl sites for hydroxylation is 1. The molecule has 2 unspecified atom stereocenters. The maximum atomic E-state index is 6.07. The second kappa shape index (κ2) is 4.18. The van der Waals surface area contributed by atoms with Crippen LogP contribution in [0.4, 0.5) is 5.95 Å². The molecule has 1 aromatic heterocycles. The van der Waals surface area contributed by atoms with Gasteiger partial charge in [0.1, 0.15) is 0 Å². The molecule has 1 saturated heterocycles. The number of aromatic nitrogens is 2. The van der Waals surface area contributed by atoms with Crippen LogP contribution in [0.1, 0.15) is 25.7 Å². The summed E-state index contributed by atoms with van der Waals surface area (Å²) in [6.07, 6.45) is 2.35. The van der Waals surface area contributed by atoms with Crippen LogP contribution in [0.3, 0.4) is 0 Å². The Balaban J connectivity index is 2.02. The van der Waals surface area contributed by atoms with E-state index in [0.717, 1.165) is 13.1 Å². The fourth-order valence-corrected chi connectivity index (χ4v) is 2.15. The molecule has 5 heteroatoms. The predicted molar refractivity (Wildman–Crippen MR) is 57.6 cm³/mol. The average molecular weight is 210 g/mol. The summed E-state index contributed by atoms with van der Waals surface area (Å²) in [5.74, 6) is 1.85. The third-order valence-corrected chi connectivity index (χ3v) is 2.95. The van der Waals surface area contributed by atoms with Crippen LogP contribution < -0.4 is 10.6 Å². The highest BCUT2D eigenvalue weighted by atomic mass is 16.5. The maximum Gasteiger partial charge on any atom is 0.266 e. The first-order valence-electron chi connectivity index (χ1n) is 5.51. The highest BCUT2D eigenvalue weighted by Crippen LogP contribution is 2.23. The lowest BCUT2D eigenvalue weighted by Crippen LogP contribution is -2.29. The van der Waals surface area contributed by atoms with Crippen molar-refractivity contribution < 1.29 is 4.52 Å². The molecule has 2 rings (SSSR count). The number of hydrogen-bond acceptors (Lipinski definition) is 5. The minimum absolute atomic E-state index is 0.240. The third-order valence-electron chi connectivity index (χ3n) is 2.95. The molecular weight excluding hydrogens is 192 g/mol. The molecule has 2 heterocycles. The maximum absolute atomic E-state index is 6.07. The van der Waals surface area contributed by atoms with E-state index in [-0.39, 0.29) is 6.04 Å². The average Bonchev–Trinajstić information content (AvgIpc) is 2.75. The van der Waals surface area contributed by atoms with Gasteiger partial charge in [-0.1, -0.05) is 13.3 Å². The van der Waals surface area contributed by atoms with E-state index < -0.39 is 0 Å². The van der Waals surface area contributed by atoms with Crippen LogP contribution in [-0.4, -0.2) is 29.3 Å². The van der Waals surface area contributed by atoms with Crippen molar-refractivity contribution in [2.45, 2.75) is 32.7 Å². The summed E-state index contributed by atoms with van der Waals surface area (Å²) in [7, 11) is 0. The Morgan fingerprint density at radius 2 is 2.33 bits per heavy atom. The van der Waals surface area contributed by atoms with Crippen molar-refractivity contribution >= 4 is 5.95 Å². The molecule has 0 bridgehead atoms. The SMILES string of the molecule is CCCC1CN(c2noc(C)n2)CC1N. The molecule has 0 radical (unpaired) electrons. The summed E-state index contributed by atoms with van der Waals surface area (Å²) < 4.78 is 4.96. The van der Waals surface area contributed by atoms with Gasteiger partial charge in [0.2, 0.25) is 5.89 Å². The molecule has 1 fully saturated rings. The van der Waals surface area contributed by atoms with Crippen molar-refractivity contribution in [2.75, 3.05) is 18.0 Å². The number of anilines is 1. The van der Waals surface area contributed by atoms with Crippen molar-refractivity contribution in [1.29, 1.82) is 0 Å². The molecule has 15 heavy (non-hydrogen) atoms. The monoisotopic (exact) mass is 210 g/mol. The number of nitrogens with zero attached hydrogens (tertiary/aromatic N) is 3. The second-order valence-corrected chi connectivity index (χ2v) is 4.23. The zero-order chi connectivity index (χ0) is 10.8. The van der Waals surface area contributed by atoms with Crippen molar-refractivity contribution in [3.8, 4) is 0 Å². The van der Waals surface area contributed by atoms with E-state index in [0.29, 0.717) is 17.8 Å². The summed E-state index contributed by atoms with van der Waals surface area (Å²) in [5, 5.41) is 3.91. The van der Waals surface area contributed by atoms with Crippen LogP contribution in [-0.2, 0) is 0 Å². The fraction of sp³-hybridized carbons (Fsp3) is 0.800. The Bertz CT molecular complexity index is 325. The molecular formula is C10H18N4O. The highest BCUT2D eigenvalue weighted by Gasteiger charge is 2.31. The predicted octanol–water partition coefficient (Wildman–Crippen LogP) is 0.942. The molecule has 1 aliphatic heterocycles. The molecule has 0 aliphatic carbocycles. The first kappa shape index (κ1) is 10.4. The Morgan fingerprint density at radius 1 is 1.53 bits per heavy atom. The Labute approximate surface area is 89.6 Å². The van der Waals surface area contributed by atoms with Gasteiger partial charge >= 0.3 is 0 Å². The first-order valence-corrected chi connectivity index (χ1v) is 5.51. The Morgan fingerprint density at radius 3 is 2.93 bits per heavy atom. The second-order valence-electron chi connectivity index (χ2n) is 4.23. The van der Waals surface area contributed by atoms with Crippen LogP contribution in [0.15, 0.2) is 4.52 Å².